The fraction of sp³-hybridized carbons (Fsp3) is 0.667. The topological polar surface area (TPSA) is 79.2 Å². The second-order valence-corrected chi connectivity index (χ2v) is 2.89. The van der Waals surface area contributed by atoms with Crippen molar-refractivity contribution in [1.29, 1.82) is 5.41 Å². The summed E-state index contributed by atoms with van der Waals surface area (Å²) < 4.78 is 0. The molecule has 5 nitrogen and oxygen atoms in total. The Balaban J connectivity index is 2.37. The molecule has 11 heavy (non-hydrogen) atoms. The maximum Gasteiger partial charge on any atom is 0.318 e. The van der Waals surface area contributed by atoms with Crippen LogP contribution in [0.25, 0.3) is 0 Å². The lowest BCUT2D eigenvalue weighted by Gasteiger charge is -2.19. The second kappa shape index (κ2) is 1.87. The predicted molar refractivity (Wildman–Crippen MR) is 40.3 cm³/mol. The molecule has 1 fully saturated rings. The van der Waals surface area contributed by atoms with Crippen molar-refractivity contribution < 1.29 is 4.85 Å². The molecule has 0 aliphatic carbocycles. The van der Waals surface area contributed by atoms with E-state index >= 15 is 0 Å². The number of nitrogens with one attached hydrogen (secondary N) is 1. The van der Waals surface area contributed by atoms with Crippen LogP contribution >= 0.6 is 0 Å². The van der Waals surface area contributed by atoms with Gasteiger partial charge in [0.1, 0.15) is 11.8 Å². The predicted octanol–water partition coefficient (Wildman–Crippen LogP) is -0.733. The van der Waals surface area contributed by atoms with E-state index in [0.29, 0.717) is 4.85 Å². The van der Waals surface area contributed by atoms with Crippen molar-refractivity contribution in [2.45, 2.75) is 18.9 Å². The summed E-state index contributed by atoms with van der Waals surface area (Å²) in [7, 11) is 0. The third-order valence-corrected chi connectivity index (χ3v) is 2.27. The van der Waals surface area contributed by atoms with E-state index in [-0.39, 0.29) is 17.6 Å². The molecule has 0 aromatic carbocycles. The van der Waals surface area contributed by atoms with Crippen LogP contribution in [0.3, 0.4) is 0 Å². The van der Waals surface area contributed by atoms with E-state index in [0.717, 1.165) is 19.4 Å². The van der Waals surface area contributed by atoms with Crippen molar-refractivity contribution in [1.82, 2.24) is 5.01 Å². The lowest BCUT2D eigenvalue weighted by atomic mass is 10.1. The molecule has 0 aromatic heterocycles. The van der Waals surface area contributed by atoms with Crippen molar-refractivity contribution in [3.05, 3.63) is 5.21 Å². The highest BCUT2D eigenvalue weighted by Crippen LogP contribution is 2.21. The molecule has 2 rings (SSSR count). The Morgan fingerprint density at radius 2 is 2.45 bits per heavy atom. The summed E-state index contributed by atoms with van der Waals surface area (Å²) in [5.41, 5.74) is 5.67. The summed E-state index contributed by atoms with van der Waals surface area (Å²) in [4.78, 5) is 0.653. The molecular formula is C6H10N4O. The maximum absolute atomic E-state index is 11.1. The number of rotatable bonds is 0. The summed E-state index contributed by atoms with van der Waals surface area (Å²) >= 11 is 0. The molecule has 0 saturated carbocycles. The third-order valence-electron chi connectivity index (χ3n) is 2.27. The number of fused-ring (bicyclic) bond motifs is 1. The van der Waals surface area contributed by atoms with Gasteiger partial charge in [0.25, 0.3) is 0 Å². The van der Waals surface area contributed by atoms with Gasteiger partial charge in [0.05, 0.1) is 6.54 Å². The van der Waals surface area contributed by atoms with E-state index in [1.807, 2.05) is 0 Å². The Bertz CT molecular complexity index is 247. The van der Waals surface area contributed by atoms with Gasteiger partial charge in [0, 0.05) is 0 Å². The third kappa shape index (κ3) is 0.649. The number of nitrogens with two attached hydrogens (primary N) is 1. The van der Waals surface area contributed by atoms with E-state index in [1.165, 1.54) is 0 Å². The largest absolute Gasteiger partial charge is 0.692 e. The molecule has 3 N–H and O–H groups in total. The van der Waals surface area contributed by atoms with E-state index in [9.17, 15) is 5.21 Å². The van der Waals surface area contributed by atoms with Gasteiger partial charge in [-0.1, -0.05) is 0 Å². The SMILES string of the molecule is N=C1C(N)=[N+]([O-])N2CCCC12. The van der Waals surface area contributed by atoms with Crippen molar-refractivity contribution in [3.8, 4) is 0 Å². The van der Waals surface area contributed by atoms with Crippen LogP contribution in [0.4, 0.5) is 0 Å². The number of hydrazone groups is 1. The molecule has 0 amide bonds. The molecule has 1 saturated heterocycles. The van der Waals surface area contributed by atoms with E-state index < -0.39 is 0 Å². The molecule has 0 aromatic rings. The van der Waals surface area contributed by atoms with Crippen molar-refractivity contribution in [2.75, 3.05) is 6.54 Å². The monoisotopic (exact) mass is 154 g/mol. The number of hydrogen-bond acceptors (Lipinski definition) is 4. The van der Waals surface area contributed by atoms with Crippen LogP contribution in [0.1, 0.15) is 12.8 Å². The van der Waals surface area contributed by atoms with Crippen molar-refractivity contribution in [2.24, 2.45) is 5.73 Å². The first-order valence-electron chi connectivity index (χ1n) is 3.67. The van der Waals surface area contributed by atoms with Crippen LogP contribution in [0.2, 0.25) is 0 Å². The zero-order valence-corrected chi connectivity index (χ0v) is 6.08. The highest BCUT2D eigenvalue weighted by atomic mass is 16.5. The Labute approximate surface area is 64.2 Å². The minimum absolute atomic E-state index is 0.0347. The van der Waals surface area contributed by atoms with Gasteiger partial charge in [-0.05, 0) is 12.8 Å². The van der Waals surface area contributed by atoms with E-state index in [4.69, 9.17) is 11.1 Å². The Morgan fingerprint density at radius 3 is 3.09 bits per heavy atom. The molecular weight excluding hydrogens is 144 g/mol. The lowest BCUT2D eigenvalue weighted by molar-refractivity contribution is -0.630. The number of hydrogen-bond donors (Lipinski definition) is 2. The zero-order valence-electron chi connectivity index (χ0n) is 6.08. The van der Waals surface area contributed by atoms with Crippen LogP contribution in [-0.4, -0.2) is 34.0 Å². The smallest absolute Gasteiger partial charge is 0.318 e. The summed E-state index contributed by atoms with van der Waals surface area (Å²) in [6, 6.07) is -0.0347. The average Bonchev–Trinajstić information content (AvgIpc) is 2.53. The lowest BCUT2D eigenvalue weighted by Crippen LogP contribution is -2.31. The van der Waals surface area contributed by atoms with Crippen molar-refractivity contribution in [3.63, 3.8) is 0 Å². The minimum Gasteiger partial charge on any atom is -0.692 e. The quantitative estimate of drug-likeness (QED) is 0.356. The molecule has 0 spiro atoms. The fourth-order valence-electron chi connectivity index (χ4n) is 1.67. The molecule has 2 heterocycles. The maximum atomic E-state index is 11.1. The van der Waals surface area contributed by atoms with Gasteiger partial charge >= 0.3 is 5.84 Å². The van der Waals surface area contributed by atoms with Gasteiger partial charge in [-0.2, -0.15) is 4.85 Å². The van der Waals surface area contributed by atoms with Gasteiger partial charge in [-0.3, -0.25) is 11.1 Å². The molecule has 5 heteroatoms. The summed E-state index contributed by atoms with van der Waals surface area (Å²) in [6.07, 6.45) is 1.87. The molecule has 60 valence electrons. The van der Waals surface area contributed by atoms with E-state index in [1.54, 1.807) is 5.01 Å². The summed E-state index contributed by atoms with van der Waals surface area (Å²) in [5.74, 6) is 0.0645. The van der Waals surface area contributed by atoms with Crippen LogP contribution in [-0.2, 0) is 0 Å². The Hall–Kier alpha value is -1.26. The zero-order chi connectivity index (χ0) is 8.01. The number of nitrogens with zero attached hydrogens (tertiary/aromatic N) is 2. The van der Waals surface area contributed by atoms with Gasteiger partial charge < -0.3 is 5.21 Å². The molecule has 1 unspecified atom stereocenters. The number of hydrazine groups is 1. The fourth-order valence-corrected chi connectivity index (χ4v) is 1.67. The van der Waals surface area contributed by atoms with Crippen LogP contribution in [0.5, 0.6) is 0 Å². The van der Waals surface area contributed by atoms with Crippen LogP contribution in [0.15, 0.2) is 0 Å². The highest BCUT2D eigenvalue weighted by Gasteiger charge is 2.40. The summed E-state index contributed by atoms with van der Waals surface area (Å²) in [6.45, 7) is 0.733. The molecule has 2 aliphatic rings. The van der Waals surface area contributed by atoms with Crippen molar-refractivity contribution >= 4 is 11.5 Å². The molecule has 2 aliphatic heterocycles. The Morgan fingerprint density at radius 1 is 1.73 bits per heavy atom. The molecule has 1 atom stereocenters. The molecule has 0 radical (unpaired) electrons. The highest BCUT2D eigenvalue weighted by molar-refractivity contribution is 6.40. The van der Waals surface area contributed by atoms with Gasteiger partial charge in [-0.15, -0.1) is 0 Å². The second-order valence-electron chi connectivity index (χ2n) is 2.89. The first kappa shape index (κ1) is 6.45. The Kier molecular flexibility index (Phi) is 1.10. The van der Waals surface area contributed by atoms with Gasteiger partial charge in [-0.25, -0.2) is 5.01 Å². The standard InChI is InChI=1S/C6H10N4O/c7-5-4-2-1-3-9(4)10(11)6(5)8/h4,7H,1-3,8H2. The summed E-state index contributed by atoms with van der Waals surface area (Å²) in [5, 5.41) is 20.2. The first-order chi connectivity index (χ1) is 5.22. The first-order valence-corrected chi connectivity index (χ1v) is 3.67. The van der Waals surface area contributed by atoms with Crippen LogP contribution < -0.4 is 5.73 Å². The number of amidine groups is 1. The van der Waals surface area contributed by atoms with E-state index in [2.05, 4.69) is 0 Å². The van der Waals surface area contributed by atoms with Gasteiger partial charge in [0.2, 0.25) is 0 Å². The van der Waals surface area contributed by atoms with Crippen LogP contribution in [0, 0.1) is 10.6 Å². The normalized spacial score (nSPS) is 30.0. The van der Waals surface area contributed by atoms with Gasteiger partial charge in [0.15, 0.2) is 0 Å². The average molecular weight is 154 g/mol. The molecule has 0 bridgehead atoms. The minimum atomic E-state index is -0.0347.